The summed E-state index contributed by atoms with van der Waals surface area (Å²) in [6, 6.07) is 1.15. The van der Waals surface area contributed by atoms with E-state index in [1.807, 2.05) is 0 Å². The third-order valence-electron chi connectivity index (χ3n) is 8.64. The molecule has 1 heterocycles. The van der Waals surface area contributed by atoms with E-state index in [-0.39, 0.29) is 18.1 Å². The van der Waals surface area contributed by atoms with Crippen LogP contribution in [0, 0.1) is 11.3 Å². The first-order valence-corrected chi connectivity index (χ1v) is 13.5. The van der Waals surface area contributed by atoms with E-state index >= 15 is 0 Å². The number of hydrogen-bond acceptors (Lipinski definition) is 6. The van der Waals surface area contributed by atoms with Crippen molar-refractivity contribution < 1.29 is 27.4 Å². The second kappa shape index (κ2) is 10.9. The lowest BCUT2D eigenvalue weighted by molar-refractivity contribution is -0.345. The van der Waals surface area contributed by atoms with Crippen LogP contribution in [0.5, 0.6) is 0 Å². The van der Waals surface area contributed by atoms with Gasteiger partial charge in [-0.2, -0.15) is 0 Å². The molecule has 1 aliphatic heterocycles. The van der Waals surface area contributed by atoms with Crippen molar-refractivity contribution in [3.63, 3.8) is 0 Å². The third kappa shape index (κ3) is 7.04. The van der Waals surface area contributed by atoms with Crippen molar-refractivity contribution >= 4 is 11.9 Å². The van der Waals surface area contributed by atoms with Gasteiger partial charge < -0.3 is 15.0 Å². The predicted octanol–water partition coefficient (Wildman–Crippen LogP) is 5.55. The molecule has 0 radical (unpaired) electrons. The Morgan fingerprint density at radius 3 is 2.54 bits per heavy atom. The summed E-state index contributed by atoms with van der Waals surface area (Å²) in [5.41, 5.74) is 0.302. The number of aliphatic imine (C=N–C) groups is 1. The Hall–Kier alpha value is -1.51. The molecule has 0 aromatic heterocycles. The molecule has 0 aromatic rings. The van der Waals surface area contributed by atoms with Crippen molar-refractivity contribution in [1.82, 2.24) is 10.2 Å². The van der Waals surface area contributed by atoms with Crippen molar-refractivity contribution in [1.29, 1.82) is 0 Å². The number of rotatable bonds is 6. The highest BCUT2D eigenvalue weighted by atomic mass is 19.4. The van der Waals surface area contributed by atoms with Crippen LogP contribution in [0.15, 0.2) is 4.99 Å². The molecule has 3 saturated carbocycles. The number of alkyl halides is 3. The average Bonchev–Trinajstić information content (AvgIpc) is 3.14. The van der Waals surface area contributed by atoms with Gasteiger partial charge in [0.1, 0.15) is 0 Å². The number of fused-ring (bicyclic) bond motifs is 1. The number of carbonyl (C=O) groups is 1. The lowest BCUT2D eigenvalue weighted by Gasteiger charge is -2.46. The Balaban J connectivity index is 1.42. The fourth-order valence-corrected chi connectivity index (χ4v) is 6.89. The molecule has 4 atom stereocenters. The second-order valence-electron chi connectivity index (χ2n) is 11.9. The number of hydrogen-bond donors (Lipinski definition) is 1. The Morgan fingerprint density at radius 1 is 1.14 bits per heavy atom. The van der Waals surface area contributed by atoms with Gasteiger partial charge in [0.15, 0.2) is 5.96 Å². The second-order valence-corrected chi connectivity index (χ2v) is 11.9. The van der Waals surface area contributed by atoms with Crippen molar-refractivity contribution in [2.24, 2.45) is 16.3 Å². The zero-order chi connectivity index (χ0) is 25.2. The molecule has 4 unspecified atom stereocenters. The normalized spacial score (nSPS) is 35.3. The smallest absolute Gasteiger partial charge is 0.469 e. The van der Waals surface area contributed by atoms with Crippen LogP contribution in [0.4, 0.5) is 13.2 Å². The number of guanidine groups is 1. The molecule has 4 rings (SSSR count). The first kappa shape index (κ1) is 26.6. The van der Waals surface area contributed by atoms with Gasteiger partial charge in [-0.05, 0) is 82.0 Å². The van der Waals surface area contributed by atoms with E-state index in [2.05, 4.69) is 28.8 Å². The molecule has 1 N–H and O–H groups in total. The minimum Gasteiger partial charge on any atom is -0.469 e. The monoisotopic (exact) mass is 501 g/mol. The van der Waals surface area contributed by atoms with Gasteiger partial charge >= 0.3 is 12.3 Å². The molecule has 0 bridgehead atoms. The molecule has 9 heteroatoms. The van der Waals surface area contributed by atoms with E-state index in [1.165, 1.54) is 20.0 Å². The van der Waals surface area contributed by atoms with Crippen molar-refractivity contribution in [2.75, 3.05) is 7.11 Å². The van der Waals surface area contributed by atoms with E-state index < -0.39 is 12.5 Å². The lowest BCUT2D eigenvalue weighted by atomic mass is 9.73. The number of esters is 1. The molecular formula is C26H42F3N3O3. The largest absolute Gasteiger partial charge is 0.522 e. The highest BCUT2D eigenvalue weighted by Crippen LogP contribution is 2.43. The van der Waals surface area contributed by atoms with Crippen LogP contribution in [-0.2, 0) is 14.3 Å². The summed E-state index contributed by atoms with van der Waals surface area (Å²) in [6.07, 6.45) is 5.98. The van der Waals surface area contributed by atoms with Gasteiger partial charge in [-0.1, -0.05) is 20.3 Å². The molecule has 0 saturated heterocycles. The van der Waals surface area contributed by atoms with Gasteiger partial charge in [0.25, 0.3) is 0 Å². The molecule has 0 amide bonds. The molecule has 6 nitrogen and oxygen atoms in total. The number of carbonyl (C=O) groups excluding carboxylic acids is 1. The van der Waals surface area contributed by atoms with Gasteiger partial charge in [-0.15, -0.1) is 13.2 Å². The quantitative estimate of drug-likeness (QED) is 0.483. The van der Waals surface area contributed by atoms with E-state index in [1.54, 1.807) is 0 Å². The Kier molecular flexibility index (Phi) is 8.23. The minimum absolute atomic E-state index is 0.121. The number of ether oxygens (including phenoxy) is 2. The fraction of sp³-hybridized carbons (Fsp3) is 0.923. The molecule has 3 aliphatic carbocycles. The first-order valence-electron chi connectivity index (χ1n) is 13.5. The van der Waals surface area contributed by atoms with Gasteiger partial charge in [0, 0.05) is 18.5 Å². The van der Waals surface area contributed by atoms with E-state index in [0.717, 1.165) is 44.5 Å². The van der Waals surface area contributed by atoms with Crippen molar-refractivity contribution in [3.8, 4) is 0 Å². The van der Waals surface area contributed by atoms with Crippen LogP contribution in [0.25, 0.3) is 0 Å². The molecule has 4 aliphatic rings. The van der Waals surface area contributed by atoms with Crippen LogP contribution in [0.3, 0.4) is 0 Å². The van der Waals surface area contributed by atoms with E-state index in [9.17, 15) is 18.0 Å². The van der Waals surface area contributed by atoms with Crippen LogP contribution >= 0.6 is 0 Å². The number of halogens is 3. The third-order valence-corrected chi connectivity index (χ3v) is 8.64. The molecule has 35 heavy (non-hydrogen) atoms. The van der Waals surface area contributed by atoms with Crippen LogP contribution in [0.2, 0.25) is 0 Å². The zero-order valence-corrected chi connectivity index (χ0v) is 21.4. The van der Waals surface area contributed by atoms with E-state index in [0.29, 0.717) is 55.5 Å². The number of nitrogens with one attached hydrogen (secondary N) is 1. The molecular weight excluding hydrogens is 459 g/mol. The zero-order valence-electron chi connectivity index (χ0n) is 21.4. The van der Waals surface area contributed by atoms with Crippen LogP contribution < -0.4 is 5.32 Å². The van der Waals surface area contributed by atoms with Crippen molar-refractivity contribution in [2.45, 2.75) is 134 Å². The molecule has 3 fully saturated rings. The standard InChI is InChI=1S/C26H42F3N3O3/c1-25(2)14-4-5-19(16-25)32-22-12-6-17(7-13-23(33)34-3)15-21(22)31-24(32)30-18-8-10-20(11-9-18)35-26(27,28)29/h17-22H,4-16H2,1-3H3,(H,30,31). The summed E-state index contributed by atoms with van der Waals surface area (Å²) in [4.78, 5) is 19.4. The fourth-order valence-electron chi connectivity index (χ4n) is 6.89. The summed E-state index contributed by atoms with van der Waals surface area (Å²) < 4.78 is 46.9. The average molecular weight is 502 g/mol. The van der Waals surface area contributed by atoms with Gasteiger partial charge in [0.05, 0.1) is 25.3 Å². The maximum absolute atomic E-state index is 12.6. The topological polar surface area (TPSA) is 63.2 Å². The maximum Gasteiger partial charge on any atom is 0.522 e. The summed E-state index contributed by atoms with van der Waals surface area (Å²) in [5, 5.41) is 3.67. The number of nitrogens with zero attached hydrogens (tertiary/aromatic N) is 2. The summed E-state index contributed by atoms with van der Waals surface area (Å²) in [6.45, 7) is 4.70. The van der Waals surface area contributed by atoms with Crippen LogP contribution in [0.1, 0.15) is 97.3 Å². The van der Waals surface area contributed by atoms with Gasteiger partial charge in [-0.3, -0.25) is 9.53 Å². The first-order chi connectivity index (χ1) is 16.5. The Morgan fingerprint density at radius 2 is 1.89 bits per heavy atom. The lowest BCUT2D eigenvalue weighted by Crippen LogP contribution is -2.55. The van der Waals surface area contributed by atoms with Gasteiger partial charge in [-0.25, -0.2) is 4.99 Å². The van der Waals surface area contributed by atoms with E-state index in [4.69, 9.17) is 9.73 Å². The predicted molar refractivity (Wildman–Crippen MR) is 128 cm³/mol. The maximum atomic E-state index is 12.6. The SMILES string of the molecule is COC(=O)CCC1CCC2C(C1)N=C(NC1CCC(OC(F)(F)F)CC1)N2C1CCCC(C)(C)C1. The molecule has 0 aromatic carbocycles. The van der Waals surface area contributed by atoms with Crippen LogP contribution in [-0.4, -0.2) is 60.6 Å². The summed E-state index contributed by atoms with van der Waals surface area (Å²) in [7, 11) is 1.44. The highest BCUT2D eigenvalue weighted by Gasteiger charge is 2.46. The number of methoxy groups -OCH3 is 1. The minimum atomic E-state index is -4.56. The Labute approximate surface area is 207 Å². The molecule has 0 spiro atoms. The van der Waals surface area contributed by atoms with Gasteiger partial charge in [0.2, 0.25) is 0 Å². The van der Waals surface area contributed by atoms with Crippen molar-refractivity contribution in [3.05, 3.63) is 0 Å². The Bertz CT molecular complexity index is 765. The molecule has 200 valence electrons. The summed E-state index contributed by atoms with van der Waals surface area (Å²) in [5.74, 6) is 1.27. The highest BCUT2D eigenvalue weighted by molar-refractivity contribution is 5.83. The summed E-state index contributed by atoms with van der Waals surface area (Å²) >= 11 is 0.